The summed E-state index contributed by atoms with van der Waals surface area (Å²) in [4.78, 5) is 0. The van der Waals surface area contributed by atoms with Crippen molar-refractivity contribution >= 4 is 11.1 Å². The van der Waals surface area contributed by atoms with Gasteiger partial charge in [0.25, 0.3) is 0 Å². The van der Waals surface area contributed by atoms with Gasteiger partial charge in [0.2, 0.25) is 0 Å². The molecule has 3 nitrogen and oxygen atoms in total. The Kier molecular flexibility index (Phi) is 2.83. The van der Waals surface area contributed by atoms with Gasteiger partial charge in [-0.1, -0.05) is 12.2 Å². The second-order valence-corrected chi connectivity index (χ2v) is 6.56. The predicted octanol–water partition coefficient (Wildman–Crippen LogP) is 4.70. The van der Waals surface area contributed by atoms with Crippen LogP contribution in [0.3, 0.4) is 0 Å². The molecule has 22 heavy (non-hydrogen) atoms. The van der Waals surface area contributed by atoms with Gasteiger partial charge >= 0.3 is 0 Å². The Bertz CT molecular complexity index is 695. The molecule has 0 bridgehead atoms. The standard InChI is InChI=1S/C19H20O3/c1-2-6-12(5-1)17-15(21-11-14-10-20-14)9-16-19(22-16)18(17)13-7-3-4-8-13/h5,7,9,14H,1-4,6,8,10-11H2. The van der Waals surface area contributed by atoms with Gasteiger partial charge in [0.05, 0.1) is 6.61 Å². The molecule has 2 aliphatic carbocycles. The molecule has 5 rings (SSSR count). The lowest BCUT2D eigenvalue weighted by Crippen LogP contribution is -2.06. The van der Waals surface area contributed by atoms with E-state index in [0.717, 1.165) is 36.7 Å². The van der Waals surface area contributed by atoms with E-state index in [1.165, 1.54) is 48.0 Å². The predicted molar refractivity (Wildman–Crippen MR) is 85.4 cm³/mol. The van der Waals surface area contributed by atoms with Crippen LogP contribution in [-0.4, -0.2) is 19.3 Å². The molecular formula is C19H20O3. The van der Waals surface area contributed by atoms with Crippen molar-refractivity contribution in [3.8, 4) is 17.2 Å². The molecule has 1 aromatic rings. The zero-order valence-corrected chi connectivity index (χ0v) is 12.7. The number of allylic oxidation sites excluding steroid dienone is 4. The van der Waals surface area contributed by atoms with Crippen molar-refractivity contribution in [3.05, 3.63) is 29.3 Å². The van der Waals surface area contributed by atoms with Crippen molar-refractivity contribution in [2.24, 2.45) is 0 Å². The van der Waals surface area contributed by atoms with Crippen LogP contribution in [0.2, 0.25) is 0 Å². The van der Waals surface area contributed by atoms with Crippen LogP contribution in [0.25, 0.3) is 11.1 Å². The first-order valence-electron chi connectivity index (χ1n) is 8.42. The summed E-state index contributed by atoms with van der Waals surface area (Å²) >= 11 is 0. The number of benzene rings is 1. The van der Waals surface area contributed by atoms with E-state index in [1.807, 2.05) is 0 Å². The van der Waals surface area contributed by atoms with Gasteiger partial charge in [-0.3, -0.25) is 0 Å². The summed E-state index contributed by atoms with van der Waals surface area (Å²) in [5, 5.41) is 0. The summed E-state index contributed by atoms with van der Waals surface area (Å²) in [6.07, 6.45) is 12.2. The minimum atomic E-state index is 0.282. The number of hydrogen-bond acceptors (Lipinski definition) is 3. The van der Waals surface area contributed by atoms with Crippen molar-refractivity contribution in [1.82, 2.24) is 0 Å². The van der Waals surface area contributed by atoms with Gasteiger partial charge in [-0.2, -0.15) is 0 Å². The van der Waals surface area contributed by atoms with Crippen molar-refractivity contribution in [2.45, 2.75) is 44.6 Å². The van der Waals surface area contributed by atoms with Crippen LogP contribution in [0.1, 0.15) is 49.7 Å². The summed E-state index contributed by atoms with van der Waals surface area (Å²) in [5.41, 5.74) is 5.50. The molecule has 0 saturated carbocycles. The Labute approximate surface area is 130 Å². The van der Waals surface area contributed by atoms with E-state index in [4.69, 9.17) is 14.2 Å². The van der Waals surface area contributed by atoms with E-state index in [-0.39, 0.29) is 6.10 Å². The van der Waals surface area contributed by atoms with Crippen LogP contribution in [-0.2, 0) is 4.74 Å². The number of fused-ring (bicyclic) bond motifs is 1. The van der Waals surface area contributed by atoms with Crippen LogP contribution >= 0.6 is 0 Å². The first kappa shape index (κ1) is 12.8. The smallest absolute Gasteiger partial charge is 0.178 e. The van der Waals surface area contributed by atoms with Crippen molar-refractivity contribution in [1.29, 1.82) is 0 Å². The van der Waals surface area contributed by atoms with Crippen molar-refractivity contribution in [2.75, 3.05) is 13.2 Å². The van der Waals surface area contributed by atoms with Crippen molar-refractivity contribution in [3.63, 3.8) is 0 Å². The molecular weight excluding hydrogens is 276 g/mol. The van der Waals surface area contributed by atoms with Gasteiger partial charge < -0.3 is 14.2 Å². The van der Waals surface area contributed by atoms with Gasteiger partial charge in [0.1, 0.15) is 18.5 Å². The van der Waals surface area contributed by atoms with E-state index < -0.39 is 0 Å². The highest BCUT2D eigenvalue weighted by Crippen LogP contribution is 2.58. The zero-order chi connectivity index (χ0) is 14.5. The molecule has 0 aromatic heterocycles. The lowest BCUT2D eigenvalue weighted by molar-refractivity contribution is 0.262. The molecule has 2 heterocycles. The number of ether oxygens (including phenoxy) is 3. The summed E-state index contributed by atoms with van der Waals surface area (Å²) < 4.78 is 17.2. The molecule has 114 valence electrons. The largest absolute Gasteiger partial charge is 0.490 e. The Morgan fingerprint density at radius 1 is 1.05 bits per heavy atom. The lowest BCUT2D eigenvalue weighted by Gasteiger charge is -2.15. The fraction of sp³-hybridized carbons (Fsp3) is 0.474. The molecule has 2 aliphatic heterocycles. The number of rotatable bonds is 5. The number of epoxide rings is 1. The van der Waals surface area contributed by atoms with Gasteiger partial charge in [0, 0.05) is 17.2 Å². The molecule has 0 N–H and O–H groups in total. The molecule has 1 aromatic carbocycles. The Balaban J connectivity index is 1.61. The molecule has 0 amide bonds. The minimum Gasteiger partial charge on any atom is -0.490 e. The normalized spacial score (nSPS) is 24.5. The van der Waals surface area contributed by atoms with Gasteiger partial charge in [-0.25, -0.2) is 0 Å². The van der Waals surface area contributed by atoms with Gasteiger partial charge in [0.15, 0.2) is 11.5 Å². The molecule has 1 fully saturated rings. The zero-order valence-electron chi connectivity index (χ0n) is 12.7. The second-order valence-electron chi connectivity index (χ2n) is 6.56. The topological polar surface area (TPSA) is 34.3 Å². The Morgan fingerprint density at radius 3 is 2.41 bits per heavy atom. The van der Waals surface area contributed by atoms with Crippen LogP contribution < -0.4 is 9.47 Å². The highest BCUT2D eigenvalue weighted by molar-refractivity contribution is 5.91. The monoisotopic (exact) mass is 296 g/mol. The summed E-state index contributed by atoms with van der Waals surface area (Å²) in [6, 6.07) is 2.07. The third-order valence-corrected chi connectivity index (χ3v) is 4.93. The van der Waals surface area contributed by atoms with Crippen LogP contribution in [0.15, 0.2) is 18.2 Å². The summed E-state index contributed by atoms with van der Waals surface area (Å²) in [7, 11) is 0. The van der Waals surface area contributed by atoms with E-state index in [9.17, 15) is 0 Å². The maximum Gasteiger partial charge on any atom is 0.178 e. The quantitative estimate of drug-likeness (QED) is 0.750. The minimum absolute atomic E-state index is 0.282. The fourth-order valence-corrected chi connectivity index (χ4v) is 3.66. The molecule has 4 aliphatic rings. The van der Waals surface area contributed by atoms with Crippen LogP contribution in [0.5, 0.6) is 17.2 Å². The first-order chi connectivity index (χ1) is 10.9. The van der Waals surface area contributed by atoms with E-state index in [2.05, 4.69) is 18.2 Å². The Hall–Kier alpha value is -1.74. The third kappa shape index (κ3) is 2.15. The van der Waals surface area contributed by atoms with E-state index in [1.54, 1.807) is 0 Å². The molecule has 1 unspecified atom stereocenters. The van der Waals surface area contributed by atoms with Crippen molar-refractivity contribution < 1.29 is 14.2 Å². The lowest BCUT2D eigenvalue weighted by atomic mass is 9.92. The SMILES string of the molecule is C1=C(c2c(OCC3CO3)cc3c(c2C2=CCCC2)O3)CCC1. The average molecular weight is 296 g/mol. The maximum absolute atomic E-state index is 6.11. The molecule has 1 atom stereocenters. The van der Waals surface area contributed by atoms with Crippen LogP contribution in [0.4, 0.5) is 0 Å². The first-order valence-corrected chi connectivity index (χ1v) is 8.42. The second kappa shape index (κ2) is 4.88. The fourth-order valence-electron chi connectivity index (χ4n) is 3.66. The third-order valence-electron chi connectivity index (χ3n) is 4.93. The highest BCUT2D eigenvalue weighted by Gasteiger charge is 2.35. The molecule has 0 spiro atoms. The van der Waals surface area contributed by atoms with E-state index >= 15 is 0 Å². The van der Waals surface area contributed by atoms with Gasteiger partial charge in [-0.15, -0.1) is 0 Å². The molecule has 3 heteroatoms. The maximum atomic E-state index is 6.11. The van der Waals surface area contributed by atoms with E-state index in [0.29, 0.717) is 6.61 Å². The molecule has 1 saturated heterocycles. The average Bonchev–Trinajstić information content (AvgIpc) is 3.37. The summed E-state index contributed by atoms with van der Waals surface area (Å²) in [5.74, 6) is 3.07. The number of hydrogen-bond donors (Lipinski definition) is 0. The highest BCUT2D eigenvalue weighted by atomic mass is 16.6. The summed E-state index contributed by atoms with van der Waals surface area (Å²) in [6.45, 7) is 1.48. The Morgan fingerprint density at radius 2 is 1.77 bits per heavy atom. The van der Waals surface area contributed by atoms with Crippen LogP contribution in [0, 0.1) is 0 Å². The molecule has 0 radical (unpaired) electrons. The van der Waals surface area contributed by atoms with Gasteiger partial charge in [-0.05, 0) is 49.7 Å².